The third-order valence-corrected chi connectivity index (χ3v) is 0.305. The lowest BCUT2D eigenvalue weighted by atomic mass is 10.7. The standard InChI is InChI=1S/C4H7NO.C2H4/c1-3-5-4(2)6;1-2/h3H,1H2,2H3,(H,5,6);1-2H2. The van der Waals surface area contributed by atoms with Crippen LogP contribution < -0.4 is 5.32 Å². The van der Waals surface area contributed by atoms with Crippen LogP contribution in [-0.2, 0) is 4.79 Å². The van der Waals surface area contributed by atoms with Crippen molar-refractivity contribution in [3.8, 4) is 0 Å². The predicted molar refractivity (Wildman–Crippen MR) is 35.3 cm³/mol. The van der Waals surface area contributed by atoms with Crippen molar-refractivity contribution in [2.75, 3.05) is 0 Å². The van der Waals surface area contributed by atoms with Gasteiger partial charge in [0, 0.05) is 6.92 Å². The topological polar surface area (TPSA) is 29.1 Å². The largest absolute Gasteiger partial charge is 0.334 e. The molecule has 0 fully saturated rings. The van der Waals surface area contributed by atoms with Crippen molar-refractivity contribution in [2.24, 2.45) is 0 Å². The summed E-state index contributed by atoms with van der Waals surface area (Å²) in [7, 11) is 0. The molecule has 46 valence electrons. The van der Waals surface area contributed by atoms with E-state index in [2.05, 4.69) is 25.1 Å². The van der Waals surface area contributed by atoms with Crippen molar-refractivity contribution < 1.29 is 4.79 Å². The molecule has 0 aliphatic heterocycles. The summed E-state index contributed by atoms with van der Waals surface area (Å²) in [4.78, 5) is 9.86. The molecule has 0 aromatic carbocycles. The van der Waals surface area contributed by atoms with Crippen LogP contribution in [0, 0.1) is 0 Å². The highest BCUT2D eigenvalue weighted by Gasteiger charge is 1.75. The Morgan fingerprint density at radius 3 is 2.00 bits per heavy atom. The zero-order chi connectivity index (χ0) is 6.99. The lowest BCUT2D eigenvalue weighted by Gasteiger charge is -1.83. The maximum Gasteiger partial charge on any atom is 0.220 e. The fourth-order valence-corrected chi connectivity index (χ4v) is 0.144. The molecule has 0 aliphatic rings. The molecule has 0 aromatic rings. The number of hydrogen-bond acceptors (Lipinski definition) is 1. The molecule has 0 atom stereocenters. The lowest BCUT2D eigenvalue weighted by molar-refractivity contribution is -0.118. The second kappa shape index (κ2) is 9.34. The summed E-state index contributed by atoms with van der Waals surface area (Å²) in [6, 6.07) is 0. The molecule has 2 nitrogen and oxygen atoms in total. The van der Waals surface area contributed by atoms with Crippen LogP contribution in [0.2, 0.25) is 0 Å². The fourth-order valence-electron chi connectivity index (χ4n) is 0.144. The molecule has 0 aliphatic carbocycles. The first-order valence-corrected chi connectivity index (χ1v) is 2.15. The zero-order valence-electron chi connectivity index (χ0n) is 5.11. The van der Waals surface area contributed by atoms with E-state index in [9.17, 15) is 4.79 Å². The van der Waals surface area contributed by atoms with Gasteiger partial charge in [-0.25, -0.2) is 0 Å². The maximum absolute atomic E-state index is 9.86. The molecular formula is C6H11NO. The van der Waals surface area contributed by atoms with Gasteiger partial charge in [-0.2, -0.15) is 0 Å². The molecule has 0 heterocycles. The third-order valence-electron chi connectivity index (χ3n) is 0.305. The number of carbonyl (C=O) groups excluding carboxylic acids is 1. The van der Waals surface area contributed by atoms with Crippen LogP contribution in [0.5, 0.6) is 0 Å². The first-order chi connectivity index (χ1) is 3.77. The van der Waals surface area contributed by atoms with Gasteiger partial charge < -0.3 is 5.32 Å². The predicted octanol–water partition coefficient (Wildman–Crippen LogP) is 1.07. The van der Waals surface area contributed by atoms with E-state index < -0.39 is 0 Å². The van der Waals surface area contributed by atoms with Gasteiger partial charge in [0.05, 0.1) is 0 Å². The molecule has 0 rings (SSSR count). The summed E-state index contributed by atoms with van der Waals surface area (Å²) >= 11 is 0. The van der Waals surface area contributed by atoms with Crippen molar-refractivity contribution in [3.05, 3.63) is 25.9 Å². The van der Waals surface area contributed by atoms with Gasteiger partial charge in [-0.15, -0.1) is 13.2 Å². The highest BCUT2D eigenvalue weighted by molar-refractivity contribution is 5.73. The van der Waals surface area contributed by atoms with E-state index in [1.54, 1.807) is 0 Å². The van der Waals surface area contributed by atoms with Gasteiger partial charge in [-0.05, 0) is 6.20 Å². The number of amides is 1. The van der Waals surface area contributed by atoms with Gasteiger partial charge in [-0.1, -0.05) is 6.58 Å². The lowest BCUT2D eigenvalue weighted by Crippen LogP contribution is -2.10. The average Bonchev–Trinajstić information content (AvgIpc) is 1.72. The molecule has 0 radical (unpaired) electrons. The minimum atomic E-state index is -0.0787. The van der Waals surface area contributed by atoms with E-state index in [4.69, 9.17) is 0 Å². The molecule has 0 aromatic heterocycles. The quantitative estimate of drug-likeness (QED) is 0.506. The van der Waals surface area contributed by atoms with Crippen LogP contribution >= 0.6 is 0 Å². The highest BCUT2D eigenvalue weighted by Crippen LogP contribution is 1.54. The first-order valence-electron chi connectivity index (χ1n) is 2.15. The molecule has 0 bridgehead atoms. The summed E-state index contributed by atoms with van der Waals surface area (Å²) in [5.41, 5.74) is 0. The van der Waals surface area contributed by atoms with Crippen molar-refractivity contribution in [1.29, 1.82) is 0 Å². The second-order valence-electron chi connectivity index (χ2n) is 0.905. The Morgan fingerprint density at radius 1 is 1.62 bits per heavy atom. The molecular weight excluding hydrogens is 102 g/mol. The summed E-state index contributed by atoms with van der Waals surface area (Å²) < 4.78 is 0. The molecule has 0 saturated heterocycles. The van der Waals surface area contributed by atoms with Gasteiger partial charge in [-0.3, -0.25) is 4.79 Å². The van der Waals surface area contributed by atoms with Gasteiger partial charge >= 0.3 is 0 Å². The Labute approximate surface area is 49.9 Å². The van der Waals surface area contributed by atoms with Crippen LogP contribution in [0.25, 0.3) is 0 Å². The second-order valence-corrected chi connectivity index (χ2v) is 0.905. The third kappa shape index (κ3) is 20.3. The van der Waals surface area contributed by atoms with E-state index in [-0.39, 0.29) is 5.91 Å². The van der Waals surface area contributed by atoms with Crippen molar-refractivity contribution in [3.63, 3.8) is 0 Å². The van der Waals surface area contributed by atoms with E-state index in [1.165, 1.54) is 13.1 Å². The Kier molecular flexibility index (Phi) is 11.7. The van der Waals surface area contributed by atoms with E-state index >= 15 is 0 Å². The number of carbonyl (C=O) groups is 1. The number of nitrogens with one attached hydrogen (secondary N) is 1. The van der Waals surface area contributed by atoms with Crippen molar-refractivity contribution in [2.45, 2.75) is 6.92 Å². The Balaban J connectivity index is 0. The minimum Gasteiger partial charge on any atom is -0.334 e. The minimum absolute atomic E-state index is 0.0787. The van der Waals surface area contributed by atoms with Gasteiger partial charge in [0.25, 0.3) is 0 Å². The molecule has 8 heavy (non-hydrogen) atoms. The van der Waals surface area contributed by atoms with Crippen LogP contribution in [0.3, 0.4) is 0 Å². The maximum atomic E-state index is 9.86. The van der Waals surface area contributed by atoms with Crippen LogP contribution in [0.4, 0.5) is 0 Å². The average molecular weight is 113 g/mol. The van der Waals surface area contributed by atoms with Gasteiger partial charge in [0.1, 0.15) is 0 Å². The first kappa shape index (κ1) is 10.0. The van der Waals surface area contributed by atoms with E-state index in [1.807, 2.05) is 0 Å². The van der Waals surface area contributed by atoms with Gasteiger partial charge in [0.2, 0.25) is 5.91 Å². The Hall–Kier alpha value is -1.05. The highest BCUT2D eigenvalue weighted by atomic mass is 16.1. The molecule has 1 amide bonds. The zero-order valence-corrected chi connectivity index (χ0v) is 5.11. The number of hydrogen-bond donors (Lipinski definition) is 1. The van der Waals surface area contributed by atoms with Gasteiger partial charge in [0.15, 0.2) is 0 Å². The summed E-state index contributed by atoms with van der Waals surface area (Å²) in [5.74, 6) is -0.0787. The normalized spacial score (nSPS) is 5.62. The summed E-state index contributed by atoms with van der Waals surface area (Å²) in [6.45, 7) is 10.7. The van der Waals surface area contributed by atoms with Crippen LogP contribution in [-0.4, -0.2) is 5.91 Å². The molecule has 0 unspecified atom stereocenters. The van der Waals surface area contributed by atoms with Crippen LogP contribution in [0.15, 0.2) is 25.9 Å². The molecule has 2 heteroatoms. The van der Waals surface area contributed by atoms with Crippen molar-refractivity contribution >= 4 is 5.91 Å². The summed E-state index contributed by atoms with van der Waals surface area (Å²) in [6.07, 6.45) is 1.35. The fraction of sp³-hybridized carbons (Fsp3) is 0.167. The van der Waals surface area contributed by atoms with Crippen molar-refractivity contribution in [1.82, 2.24) is 5.32 Å². The monoisotopic (exact) mass is 113 g/mol. The number of rotatable bonds is 1. The Morgan fingerprint density at radius 2 is 2.00 bits per heavy atom. The molecule has 1 N–H and O–H groups in total. The van der Waals surface area contributed by atoms with Crippen LogP contribution in [0.1, 0.15) is 6.92 Å². The smallest absolute Gasteiger partial charge is 0.220 e. The SMILES string of the molecule is C=C.C=CNC(C)=O. The Bertz CT molecular complexity index is 78.6. The van der Waals surface area contributed by atoms with E-state index in [0.29, 0.717) is 0 Å². The summed E-state index contributed by atoms with van der Waals surface area (Å²) in [5, 5.41) is 2.33. The molecule has 0 saturated carbocycles. The molecule has 0 spiro atoms. The van der Waals surface area contributed by atoms with E-state index in [0.717, 1.165) is 0 Å².